The van der Waals surface area contributed by atoms with Crippen molar-refractivity contribution in [1.82, 2.24) is 14.8 Å². The van der Waals surface area contributed by atoms with Gasteiger partial charge in [-0.25, -0.2) is 0 Å². The first-order chi connectivity index (χ1) is 15.3. The molecule has 0 aliphatic heterocycles. The fourth-order valence-corrected chi connectivity index (χ4v) is 3.76. The van der Waals surface area contributed by atoms with Crippen LogP contribution in [0.25, 0.3) is 28.5 Å². The van der Waals surface area contributed by atoms with Gasteiger partial charge in [-0.2, -0.15) is 0 Å². The van der Waals surface area contributed by atoms with Gasteiger partial charge in [0.25, 0.3) is 0 Å². The number of unbranched alkanes of at least 4 members (excludes halogenated alkanes) is 3. The maximum atomic E-state index is 5.90. The average Bonchev–Trinajstić information content (AvgIpc) is 3.25. The highest BCUT2D eigenvalue weighted by Crippen LogP contribution is 2.30. The summed E-state index contributed by atoms with van der Waals surface area (Å²) >= 11 is 3.51. The van der Waals surface area contributed by atoms with Gasteiger partial charge in [-0.3, -0.25) is 4.57 Å². The zero-order chi connectivity index (χ0) is 21.5. The van der Waals surface area contributed by atoms with Crippen LogP contribution >= 0.6 is 15.9 Å². The molecule has 158 valence electrons. The molecule has 1 aromatic heterocycles. The molecule has 0 fully saturated rings. The third-order valence-electron chi connectivity index (χ3n) is 5.16. The third-order valence-corrected chi connectivity index (χ3v) is 5.69. The molecule has 0 saturated carbocycles. The second-order valence-electron chi connectivity index (χ2n) is 7.46. The number of nitrogens with zero attached hydrogens (tertiary/aromatic N) is 3. The molecule has 0 atom stereocenters. The van der Waals surface area contributed by atoms with Crippen molar-refractivity contribution in [3.05, 3.63) is 83.3 Å². The van der Waals surface area contributed by atoms with Crippen LogP contribution in [0, 0.1) is 0 Å². The molecule has 0 saturated heterocycles. The maximum absolute atomic E-state index is 5.90. The maximum Gasteiger partial charge on any atom is 0.168 e. The normalized spacial score (nSPS) is 10.9. The van der Waals surface area contributed by atoms with Gasteiger partial charge in [0.1, 0.15) is 5.75 Å². The number of rotatable bonds is 9. The molecular formula is C26H26BrN3O. The highest BCUT2D eigenvalue weighted by atomic mass is 79.9. The Balaban J connectivity index is 1.63. The van der Waals surface area contributed by atoms with E-state index in [4.69, 9.17) is 4.74 Å². The molecule has 0 N–H and O–H groups in total. The van der Waals surface area contributed by atoms with E-state index in [2.05, 4.69) is 61.9 Å². The first-order valence-electron chi connectivity index (χ1n) is 10.8. The summed E-state index contributed by atoms with van der Waals surface area (Å²) in [5.74, 6) is 2.50. The van der Waals surface area contributed by atoms with Crippen molar-refractivity contribution in [3.8, 4) is 34.2 Å². The van der Waals surface area contributed by atoms with Crippen LogP contribution in [0.2, 0.25) is 0 Å². The van der Waals surface area contributed by atoms with Gasteiger partial charge in [-0.1, -0.05) is 72.4 Å². The van der Waals surface area contributed by atoms with Crippen molar-refractivity contribution in [2.75, 3.05) is 6.61 Å². The topological polar surface area (TPSA) is 39.9 Å². The lowest BCUT2D eigenvalue weighted by Gasteiger charge is -2.11. The summed E-state index contributed by atoms with van der Waals surface area (Å²) in [7, 11) is 0. The van der Waals surface area contributed by atoms with E-state index in [0.29, 0.717) is 0 Å². The van der Waals surface area contributed by atoms with E-state index in [1.165, 1.54) is 19.3 Å². The number of para-hydroxylation sites is 1. The van der Waals surface area contributed by atoms with Gasteiger partial charge in [0, 0.05) is 21.3 Å². The van der Waals surface area contributed by atoms with Crippen molar-refractivity contribution in [2.24, 2.45) is 0 Å². The second-order valence-corrected chi connectivity index (χ2v) is 8.37. The van der Waals surface area contributed by atoms with Gasteiger partial charge >= 0.3 is 0 Å². The quantitative estimate of drug-likeness (QED) is 0.238. The summed E-state index contributed by atoms with van der Waals surface area (Å²) in [4.78, 5) is 0. The number of ether oxygens (including phenoxy) is 1. The van der Waals surface area contributed by atoms with Crippen molar-refractivity contribution < 1.29 is 4.74 Å². The van der Waals surface area contributed by atoms with E-state index in [0.717, 1.165) is 51.7 Å². The Morgan fingerprint density at radius 1 is 0.742 bits per heavy atom. The summed E-state index contributed by atoms with van der Waals surface area (Å²) in [5, 5.41) is 9.08. The minimum absolute atomic E-state index is 0.757. The summed E-state index contributed by atoms with van der Waals surface area (Å²) in [6.07, 6.45) is 4.80. The first-order valence-corrected chi connectivity index (χ1v) is 11.6. The summed E-state index contributed by atoms with van der Waals surface area (Å²) in [5.41, 5.74) is 3.03. The van der Waals surface area contributed by atoms with Crippen LogP contribution in [-0.4, -0.2) is 21.4 Å². The molecule has 3 aromatic carbocycles. The molecule has 4 aromatic rings. The average molecular weight is 476 g/mol. The highest BCUT2D eigenvalue weighted by Gasteiger charge is 2.17. The molecule has 0 radical (unpaired) electrons. The van der Waals surface area contributed by atoms with Crippen LogP contribution in [0.4, 0.5) is 0 Å². The Bertz CT molecular complexity index is 1090. The van der Waals surface area contributed by atoms with Crippen LogP contribution < -0.4 is 4.74 Å². The number of hydrogen-bond donors (Lipinski definition) is 0. The Kier molecular flexibility index (Phi) is 7.15. The van der Waals surface area contributed by atoms with Crippen LogP contribution in [0.5, 0.6) is 5.75 Å². The van der Waals surface area contributed by atoms with Gasteiger partial charge in [0.15, 0.2) is 11.6 Å². The third kappa shape index (κ3) is 5.23. The molecule has 0 unspecified atom stereocenters. The van der Waals surface area contributed by atoms with Crippen LogP contribution in [0.3, 0.4) is 0 Å². The minimum Gasteiger partial charge on any atom is -0.494 e. The molecule has 0 bridgehead atoms. The van der Waals surface area contributed by atoms with Crippen molar-refractivity contribution in [2.45, 2.75) is 32.6 Å². The number of aromatic nitrogens is 3. The van der Waals surface area contributed by atoms with Gasteiger partial charge in [-0.05, 0) is 55.0 Å². The zero-order valence-electron chi connectivity index (χ0n) is 17.7. The van der Waals surface area contributed by atoms with E-state index >= 15 is 0 Å². The van der Waals surface area contributed by atoms with Crippen LogP contribution in [-0.2, 0) is 0 Å². The van der Waals surface area contributed by atoms with E-state index in [-0.39, 0.29) is 0 Å². The van der Waals surface area contributed by atoms with Crippen LogP contribution in [0.15, 0.2) is 83.3 Å². The van der Waals surface area contributed by atoms with E-state index in [1.54, 1.807) is 0 Å². The number of hydrogen-bond acceptors (Lipinski definition) is 3. The Morgan fingerprint density at radius 3 is 1.97 bits per heavy atom. The largest absolute Gasteiger partial charge is 0.494 e. The van der Waals surface area contributed by atoms with Crippen molar-refractivity contribution in [3.63, 3.8) is 0 Å². The monoisotopic (exact) mass is 475 g/mol. The molecular weight excluding hydrogens is 450 g/mol. The smallest absolute Gasteiger partial charge is 0.168 e. The number of halogens is 1. The van der Waals surface area contributed by atoms with Crippen molar-refractivity contribution >= 4 is 15.9 Å². The summed E-state index contributed by atoms with van der Waals surface area (Å²) in [6, 6.07) is 26.5. The molecule has 0 spiro atoms. The summed E-state index contributed by atoms with van der Waals surface area (Å²) < 4.78 is 9.03. The Morgan fingerprint density at radius 2 is 1.35 bits per heavy atom. The molecule has 4 nitrogen and oxygen atoms in total. The van der Waals surface area contributed by atoms with Crippen LogP contribution in [0.1, 0.15) is 32.6 Å². The molecule has 1 heterocycles. The highest BCUT2D eigenvalue weighted by molar-refractivity contribution is 9.10. The lowest BCUT2D eigenvalue weighted by Crippen LogP contribution is -2.00. The van der Waals surface area contributed by atoms with Gasteiger partial charge in [-0.15, -0.1) is 10.2 Å². The zero-order valence-corrected chi connectivity index (χ0v) is 19.3. The molecule has 0 aliphatic rings. The minimum atomic E-state index is 0.757. The Hall–Kier alpha value is -2.92. The SMILES string of the molecule is CCCCCCOc1ccc(-c2nnc(-c3ccc(Br)cc3)n2-c2ccccc2)cc1. The van der Waals surface area contributed by atoms with E-state index in [9.17, 15) is 0 Å². The molecule has 31 heavy (non-hydrogen) atoms. The molecule has 5 heteroatoms. The molecule has 0 amide bonds. The summed E-state index contributed by atoms with van der Waals surface area (Å²) in [6.45, 7) is 2.98. The van der Waals surface area contributed by atoms with E-state index in [1.807, 2.05) is 54.6 Å². The van der Waals surface area contributed by atoms with Crippen molar-refractivity contribution in [1.29, 1.82) is 0 Å². The fourth-order valence-electron chi connectivity index (χ4n) is 3.50. The second kappa shape index (κ2) is 10.4. The Labute approximate surface area is 192 Å². The van der Waals surface area contributed by atoms with Gasteiger partial charge in [0.2, 0.25) is 0 Å². The fraction of sp³-hybridized carbons (Fsp3) is 0.231. The predicted molar refractivity (Wildman–Crippen MR) is 130 cm³/mol. The predicted octanol–water partition coefficient (Wildman–Crippen LogP) is 7.32. The lowest BCUT2D eigenvalue weighted by atomic mass is 10.1. The van der Waals surface area contributed by atoms with Gasteiger partial charge in [0.05, 0.1) is 6.61 Å². The first kappa shape index (κ1) is 21.3. The lowest BCUT2D eigenvalue weighted by molar-refractivity contribution is 0.305. The standard InChI is InChI=1S/C26H26BrN3O/c1-2-3-4-8-19-31-24-17-13-21(14-18-24)26-29-28-25(20-11-15-22(27)16-12-20)30(26)23-9-6-5-7-10-23/h5-7,9-18H,2-4,8,19H2,1H3. The molecule has 0 aliphatic carbocycles. The number of benzene rings is 3. The van der Waals surface area contributed by atoms with Gasteiger partial charge < -0.3 is 4.74 Å². The van der Waals surface area contributed by atoms with E-state index < -0.39 is 0 Å². The molecule has 4 rings (SSSR count).